The van der Waals surface area contributed by atoms with Crippen LogP contribution in [-0.4, -0.2) is 49.1 Å². The summed E-state index contributed by atoms with van der Waals surface area (Å²) in [5.41, 5.74) is 0.764. The molecule has 0 unspecified atom stereocenters. The quantitative estimate of drug-likeness (QED) is 0.703. The minimum absolute atomic E-state index is 0.242. The van der Waals surface area contributed by atoms with E-state index >= 15 is 0 Å². The van der Waals surface area contributed by atoms with E-state index in [-0.39, 0.29) is 12.4 Å². The maximum Gasteiger partial charge on any atom is 0.311 e. The van der Waals surface area contributed by atoms with Gasteiger partial charge in [0.25, 0.3) is 0 Å². The molecule has 0 atom stereocenters. The molecule has 0 saturated carbocycles. The van der Waals surface area contributed by atoms with Gasteiger partial charge in [-0.3, -0.25) is 4.79 Å². The first-order valence-electron chi connectivity index (χ1n) is 6.67. The number of ether oxygens (including phenoxy) is 1. The SMILES string of the molecule is CCCN(CC)CCNc1nc(CC(=O)OC)cs1. The zero-order valence-corrected chi connectivity index (χ0v) is 12.8. The highest BCUT2D eigenvalue weighted by Gasteiger charge is 2.07. The molecule has 1 aromatic heterocycles. The number of thiazole rings is 1. The second-order valence-electron chi connectivity index (χ2n) is 4.26. The molecule has 6 heteroatoms. The minimum Gasteiger partial charge on any atom is -0.469 e. The van der Waals surface area contributed by atoms with Gasteiger partial charge in [0, 0.05) is 18.5 Å². The number of carbonyl (C=O) groups is 1. The summed E-state index contributed by atoms with van der Waals surface area (Å²) in [5, 5.41) is 6.05. The molecule has 1 rings (SSSR count). The summed E-state index contributed by atoms with van der Waals surface area (Å²) in [6.07, 6.45) is 1.42. The van der Waals surface area contributed by atoms with Crippen LogP contribution in [0, 0.1) is 0 Å². The van der Waals surface area contributed by atoms with Crippen LogP contribution in [0.2, 0.25) is 0 Å². The van der Waals surface area contributed by atoms with Gasteiger partial charge < -0.3 is 15.0 Å². The molecule has 0 radical (unpaired) electrons. The van der Waals surface area contributed by atoms with Gasteiger partial charge in [-0.05, 0) is 19.5 Å². The van der Waals surface area contributed by atoms with Crippen LogP contribution in [0.5, 0.6) is 0 Å². The first-order valence-corrected chi connectivity index (χ1v) is 7.55. The van der Waals surface area contributed by atoms with E-state index in [9.17, 15) is 4.79 Å². The third-order valence-electron chi connectivity index (χ3n) is 2.80. The summed E-state index contributed by atoms with van der Waals surface area (Å²) in [4.78, 5) is 17.9. The first kappa shape index (κ1) is 15.9. The van der Waals surface area contributed by atoms with Crippen LogP contribution < -0.4 is 5.32 Å². The van der Waals surface area contributed by atoms with Crippen molar-refractivity contribution in [3.05, 3.63) is 11.1 Å². The molecular weight excluding hydrogens is 262 g/mol. The fraction of sp³-hybridized carbons (Fsp3) is 0.692. The number of hydrogen-bond donors (Lipinski definition) is 1. The Morgan fingerprint density at radius 3 is 2.89 bits per heavy atom. The lowest BCUT2D eigenvalue weighted by molar-refractivity contribution is -0.139. The van der Waals surface area contributed by atoms with Crippen LogP contribution in [0.25, 0.3) is 0 Å². The Labute approximate surface area is 119 Å². The van der Waals surface area contributed by atoms with E-state index in [1.54, 1.807) is 0 Å². The van der Waals surface area contributed by atoms with Gasteiger partial charge in [0.2, 0.25) is 0 Å². The zero-order chi connectivity index (χ0) is 14.1. The van der Waals surface area contributed by atoms with E-state index in [1.165, 1.54) is 24.9 Å². The van der Waals surface area contributed by atoms with Crippen molar-refractivity contribution in [2.45, 2.75) is 26.7 Å². The fourth-order valence-electron chi connectivity index (χ4n) is 1.75. The van der Waals surface area contributed by atoms with E-state index in [1.807, 2.05) is 5.38 Å². The number of aromatic nitrogens is 1. The summed E-state index contributed by atoms with van der Waals surface area (Å²) < 4.78 is 4.62. The topological polar surface area (TPSA) is 54.5 Å². The van der Waals surface area contributed by atoms with Crippen LogP contribution in [0.3, 0.4) is 0 Å². The van der Waals surface area contributed by atoms with Crippen molar-refractivity contribution >= 4 is 22.4 Å². The Bertz CT molecular complexity index is 382. The average Bonchev–Trinajstić information content (AvgIpc) is 2.85. The highest BCUT2D eigenvalue weighted by Crippen LogP contribution is 2.15. The van der Waals surface area contributed by atoms with Crippen molar-refractivity contribution < 1.29 is 9.53 Å². The van der Waals surface area contributed by atoms with E-state index in [4.69, 9.17) is 0 Å². The predicted molar refractivity (Wildman–Crippen MR) is 78.7 cm³/mol. The van der Waals surface area contributed by atoms with Crippen LogP contribution in [0.15, 0.2) is 5.38 Å². The Morgan fingerprint density at radius 2 is 2.26 bits per heavy atom. The van der Waals surface area contributed by atoms with Crippen molar-refractivity contribution in [2.24, 2.45) is 0 Å². The van der Waals surface area contributed by atoms with Gasteiger partial charge in [-0.15, -0.1) is 11.3 Å². The average molecular weight is 285 g/mol. The minimum atomic E-state index is -0.253. The third-order valence-corrected chi connectivity index (χ3v) is 3.64. The molecule has 0 aliphatic carbocycles. The van der Waals surface area contributed by atoms with Crippen LogP contribution in [0.1, 0.15) is 26.0 Å². The van der Waals surface area contributed by atoms with Crippen molar-refractivity contribution in [3.8, 4) is 0 Å². The normalized spacial score (nSPS) is 10.7. The van der Waals surface area contributed by atoms with Crippen LogP contribution >= 0.6 is 11.3 Å². The molecule has 0 amide bonds. The standard InChI is InChI=1S/C13H23N3O2S/c1-4-7-16(5-2)8-6-14-13-15-11(10-19-13)9-12(17)18-3/h10H,4-9H2,1-3H3,(H,14,15). The number of carbonyl (C=O) groups excluding carboxylic acids is 1. The highest BCUT2D eigenvalue weighted by atomic mass is 32.1. The lowest BCUT2D eigenvalue weighted by Crippen LogP contribution is -2.29. The molecule has 0 fully saturated rings. The van der Waals surface area contributed by atoms with Crippen molar-refractivity contribution in [1.29, 1.82) is 0 Å². The monoisotopic (exact) mass is 285 g/mol. The molecule has 0 aliphatic heterocycles. The fourth-order valence-corrected chi connectivity index (χ4v) is 2.49. The smallest absolute Gasteiger partial charge is 0.311 e. The first-order chi connectivity index (χ1) is 9.19. The second kappa shape index (κ2) is 8.87. The number of nitrogens with zero attached hydrogens (tertiary/aromatic N) is 2. The lowest BCUT2D eigenvalue weighted by Gasteiger charge is -2.19. The largest absolute Gasteiger partial charge is 0.469 e. The molecule has 5 nitrogen and oxygen atoms in total. The number of likely N-dealkylation sites (N-methyl/N-ethyl adjacent to an activating group) is 1. The Hall–Kier alpha value is -1.14. The molecule has 19 heavy (non-hydrogen) atoms. The van der Waals surface area contributed by atoms with Crippen molar-refractivity contribution in [3.63, 3.8) is 0 Å². The molecule has 108 valence electrons. The second-order valence-corrected chi connectivity index (χ2v) is 5.12. The number of methoxy groups -OCH3 is 1. The number of esters is 1. The highest BCUT2D eigenvalue weighted by molar-refractivity contribution is 7.13. The number of nitrogens with one attached hydrogen (secondary N) is 1. The summed E-state index contributed by atoms with van der Waals surface area (Å²) in [6, 6.07) is 0. The molecule has 1 aromatic rings. The van der Waals surface area contributed by atoms with Gasteiger partial charge >= 0.3 is 5.97 Å². The molecule has 1 heterocycles. The summed E-state index contributed by atoms with van der Waals surface area (Å²) in [6.45, 7) is 8.45. The predicted octanol–water partition coefficient (Wildman–Crippen LogP) is 2.00. The molecule has 0 spiro atoms. The van der Waals surface area contributed by atoms with E-state index in [2.05, 4.69) is 33.8 Å². The number of rotatable bonds is 9. The van der Waals surface area contributed by atoms with Crippen LogP contribution in [-0.2, 0) is 16.0 Å². The van der Waals surface area contributed by atoms with Gasteiger partial charge in [0.05, 0.1) is 19.2 Å². The Balaban J connectivity index is 2.31. The zero-order valence-electron chi connectivity index (χ0n) is 11.9. The molecular formula is C13H23N3O2S. The van der Waals surface area contributed by atoms with Gasteiger partial charge in [-0.25, -0.2) is 4.98 Å². The molecule has 1 N–H and O–H groups in total. The van der Waals surface area contributed by atoms with Gasteiger partial charge in [0.1, 0.15) is 0 Å². The van der Waals surface area contributed by atoms with E-state index in [0.29, 0.717) is 0 Å². The van der Waals surface area contributed by atoms with Crippen molar-refractivity contribution in [2.75, 3.05) is 38.6 Å². The van der Waals surface area contributed by atoms with E-state index in [0.717, 1.165) is 37.0 Å². The maximum absolute atomic E-state index is 11.1. The summed E-state index contributed by atoms with van der Waals surface area (Å²) >= 11 is 1.53. The van der Waals surface area contributed by atoms with Gasteiger partial charge in [-0.2, -0.15) is 0 Å². The van der Waals surface area contributed by atoms with E-state index < -0.39 is 0 Å². The number of hydrogen-bond acceptors (Lipinski definition) is 6. The maximum atomic E-state index is 11.1. The Morgan fingerprint density at radius 1 is 1.47 bits per heavy atom. The Kier molecular flexibility index (Phi) is 7.43. The molecule has 0 aliphatic rings. The summed E-state index contributed by atoms with van der Waals surface area (Å²) in [7, 11) is 1.39. The third kappa shape index (κ3) is 6.02. The molecule has 0 aromatic carbocycles. The van der Waals surface area contributed by atoms with Gasteiger partial charge in [-0.1, -0.05) is 13.8 Å². The lowest BCUT2D eigenvalue weighted by atomic mass is 10.3. The van der Waals surface area contributed by atoms with Crippen molar-refractivity contribution in [1.82, 2.24) is 9.88 Å². The van der Waals surface area contributed by atoms with Gasteiger partial charge in [0.15, 0.2) is 5.13 Å². The number of anilines is 1. The molecule has 0 bridgehead atoms. The van der Waals surface area contributed by atoms with Crippen LogP contribution in [0.4, 0.5) is 5.13 Å². The molecule has 0 saturated heterocycles. The summed E-state index contributed by atoms with van der Waals surface area (Å²) in [5.74, 6) is -0.253.